The Bertz CT molecular complexity index is 1420. The number of H-pyrrole nitrogens is 3. The van der Waals surface area contributed by atoms with E-state index in [0.717, 1.165) is 27.2 Å². The van der Waals surface area contributed by atoms with E-state index in [9.17, 15) is 9.18 Å². The van der Waals surface area contributed by atoms with Crippen LogP contribution in [0.3, 0.4) is 0 Å². The Balaban J connectivity index is 1.82. The van der Waals surface area contributed by atoms with Gasteiger partial charge in [0.2, 0.25) is 0 Å². The number of carbonyl (C=O) groups excluding carboxylic acids is 1. The number of ether oxygens (including phenoxy) is 1. The Morgan fingerprint density at radius 3 is 2.53 bits per heavy atom. The summed E-state index contributed by atoms with van der Waals surface area (Å²) in [5.74, 6) is -0.877. The first-order chi connectivity index (χ1) is 14.5. The fourth-order valence-electron chi connectivity index (χ4n) is 3.97. The lowest BCUT2D eigenvalue weighted by Crippen LogP contribution is -2.33. The summed E-state index contributed by atoms with van der Waals surface area (Å²) in [5, 5.41) is 1.74. The highest BCUT2D eigenvalue weighted by molar-refractivity contribution is 6.34. The van der Waals surface area contributed by atoms with Crippen molar-refractivity contribution in [2.24, 2.45) is 0 Å². The Kier molecular flexibility index (Phi) is 4.49. The van der Waals surface area contributed by atoms with Crippen molar-refractivity contribution in [3.05, 3.63) is 58.9 Å². The molecule has 1 aromatic carbocycles. The van der Waals surface area contributed by atoms with E-state index in [1.807, 2.05) is 18.3 Å². The number of methoxy groups -OCH3 is 1. The molecule has 0 saturated heterocycles. The van der Waals surface area contributed by atoms with Crippen molar-refractivity contribution < 1.29 is 13.9 Å². The van der Waals surface area contributed by atoms with Crippen LogP contribution in [0.25, 0.3) is 45.3 Å². The topological polar surface area (TPSA) is 73.7 Å². The molecule has 0 radical (unpaired) electrons. The molecule has 0 amide bonds. The number of fused-ring (bicyclic) bond motifs is 2. The second kappa shape index (κ2) is 7.07. The van der Waals surface area contributed by atoms with Crippen molar-refractivity contribution in [1.82, 2.24) is 15.0 Å². The van der Waals surface area contributed by atoms with Crippen LogP contribution in [-0.4, -0.2) is 38.8 Å². The number of hydrogen-bond donors (Lipinski definition) is 3. The summed E-state index contributed by atoms with van der Waals surface area (Å²) in [6.07, 6.45) is 9.11. The molecule has 1 aliphatic carbocycles. The lowest BCUT2D eigenvalue weighted by Gasteiger charge is -2.11. The number of hydrogen-bond acceptors (Lipinski definition) is 2. The smallest absolute Gasteiger partial charge is 0.355 e. The third-order valence-corrected chi connectivity index (χ3v) is 6.31. The van der Waals surface area contributed by atoms with Gasteiger partial charge in [-0.25, -0.2) is 9.18 Å². The van der Waals surface area contributed by atoms with Crippen LogP contribution in [0.5, 0.6) is 0 Å². The lowest BCUT2D eigenvalue weighted by molar-refractivity contribution is 0.0596. The molecule has 2 unspecified atom stereocenters. The maximum absolute atomic E-state index is 14.0. The molecule has 0 saturated carbocycles. The number of nitrogens with one attached hydrogen (secondary N) is 3. The summed E-state index contributed by atoms with van der Waals surface area (Å²) in [6.45, 7) is 0. The van der Waals surface area contributed by atoms with Crippen molar-refractivity contribution in [2.75, 3.05) is 7.11 Å². The van der Waals surface area contributed by atoms with E-state index >= 15 is 0 Å². The van der Waals surface area contributed by atoms with Gasteiger partial charge < -0.3 is 19.7 Å². The summed E-state index contributed by atoms with van der Waals surface area (Å²) in [7, 11) is 1.32. The molecule has 1 aliphatic rings. The standard InChI is InChI=1S/C22H16Cl2FN3O2/c1-30-22(29)21-20(14-8-26-18-3-2-10(25)4-11(14)18)15(9-28-21)13-7-27-19-6-17(24)16(23)5-12(13)19/h2-9,16-17,26-28H,1H3. The summed E-state index contributed by atoms with van der Waals surface area (Å²) < 4.78 is 19.0. The second-order valence-electron chi connectivity index (χ2n) is 7.09. The van der Waals surface area contributed by atoms with Gasteiger partial charge in [-0.2, -0.15) is 0 Å². The monoisotopic (exact) mass is 443 g/mol. The van der Waals surface area contributed by atoms with E-state index in [4.69, 9.17) is 27.9 Å². The van der Waals surface area contributed by atoms with Gasteiger partial charge in [-0.3, -0.25) is 0 Å². The largest absolute Gasteiger partial charge is 0.464 e. The maximum atomic E-state index is 14.0. The van der Waals surface area contributed by atoms with Crippen molar-refractivity contribution in [3.8, 4) is 22.3 Å². The molecule has 8 heteroatoms. The minimum Gasteiger partial charge on any atom is -0.464 e. The van der Waals surface area contributed by atoms with Crippen molar-refractivity contribution in [1.29, 1.82) is 0 Å². The summed E-state index contributed by atoms with van der Waals surface area (Å²) in [4.78, 5) is 21.9. The fraction of sp³-hybridized carbons (Fsp3) is 0.136. The Labute approximate surface area is 180 Å². The molecular formula is C22H16Cl2FN3O2. The zero-order valence-corrected chi connectivity index (χ0v) is 17.2. The number of aromatic amines is 3. The molecule has 152 valence electrons. The van der Waals surface area contributed by atoms with Gasteiger partial charge in [0.05, 0.1) is 17.9 Å². The normalized spacial score (nSPS) is 18.0. The molecule has 4 aromatic rings. The van der Waals surface area contributed by atoms with Gasteiger partial charge in [0.15, 0.2) is 0 Å². The Morgan fingerprint density at radius 1 is 1.00 bits per heavy atom. The predicted octanol–water partition coefficient (Wildman–Crippen LogP) is 3.87. The lowest BCUT2D eigenvalue weighted by atomic mass is 9.96. The number of esters is 1. The minimum atomic E-state index is -0.516. The molecule has 5 nitrogen and oxygen atoms in total. The van der Waals surface area contributed by atoms with Crippen molar-refractivity contribution in [3.63, 3.8) is 0 Å². The molecule has 0 spiro atoms. The minimum absolute atomic E-state index is 0.282. The first kappa shape index (κ1) is 19.0. The first-order valence-corrected chi connectivity index (χ1v) is 10.1. The van der Waals surface area contributed by atoms with Crippen LogP contribution in [0.15, 0.2) is 36.8 Å². The van der Waals surface area contributed by atoms with E-state index in [-0.39, 0.29) is 22.3 Å². The van der Waals surface area contributed by atoms with Crippen LogP contribution in [0.2, 0.25) is 0 Å². The summed E-state index contributed by atoms with van der Waals surface area (Å²) in [6, 6.07) is 4.49. The van der Waals surface area contributed by atoms with Gasteiger partial charge in [-0.05, 0) is 24.3 Å². The van der Waals surface area contributed by atoms with E-state index in [1.54, 1.807) is 18.5 Å². The number of alkyl halides is 2. The van der Waals surface area contributed by atoms with Gasteiger partial charge >= 0.3 is 5.97 Å². The molecule has 30 heavy (non-hydrogen) atoms. The predicted molar refractivity (Wildman–Crippen MR) is 117 cm³/mol. The number of carbonyl (C=O) groups is 1. The van der Waals surface area contributed by atoms with Gasteiger partial charge in [0.1, 0.15) is 11.5 Å². The molecule has 0 bridgehead atoms. The number of benzene rings is 1. The Morgan fingerprint density at radius 2 is 1.73 bits per heavy atom. The molecule has 3 heterocycles. The molecule has 3 aromatic heterocycles. The highest BCUT2D eigenvalue weighted by Gasteiger charge is 2.25. The van der Waals surface area contributed by atoms with Gasteiger partial charge in [0, 0.05) is 62.3 Å². The van der Waals surface area contributed by atoms with Gasteiger partial charge in [0.25, 0.3) is 0 Å². The average Bonchev–Trinajstić information content (AvgIpc) is 3.43. The number of halogens is 3. The van der Waals surface area contributed by atoms with Crippen LogP contribution < -0.4 is 10.6 Å². The van der Waals surface area contributed by atoms with E-state index in [0.29, 0.717) is 16.5 Å². The third kappa shape index (κ3) is 2.87. The molecule has 5 rings (SSSR count). The van der Waals surface area contributed by atoms with Crippen LogP contribution in [0.1, 0.15) is 10.5 Å². The van der Waals surface area contributed by atoms with E-state index in [2.05, 4.69) is 15.0 Å². The summed E-state index contributed by atoms with van der Waals surface area (Å²) in [5.41, 5.74) is 3.96. The second-order valence-corrected chi connectivity index (χ2v) is 8.10. The Hall–Kier alpha value is -2.96. The van der Waals surface area contributed by atoms with Crippen LogP contribution in [0.4, 0.5) is 4.39 Å². The highest BCUT2D eigenvalue weighted by atomic mass is 35.5. The number of rotatable bonds is 3. The maximum Gasteiger partial charge on any atom is 0.355 e. The van der Waals surface area contributed by atoms with Crippen molar-refractivity contribution in [2.45, 2.75) is 10.8 Å². The molecule has 0 aliphatic heterocycles. The van der Waals surface area contributed by atoms with Crippen LogP contribution in [-0.2, 0) is 4.74 Å². The van der Waals surface area contributed by atoms with Gasteiger partial charge in [-0.1, -0.05) is 6.08 Å². The molecule has 2 atom stereocenters. The zero-order chi connectivity index (χ0) is 21.0. The average molecular weight is 444 g/mol. The number of aromatic nitrogens is 3. The molecule has 0 fully saturated rings. The molecular weight excluding hydrogens is 428 g/mol. The van der Waals surface area contributed by atoms with Crippen LogP contribution >= 0.6 is 23.2 Å². The highest BCUT2D eigenvalue weighted by Crippen LogP contribution is 2.38. The van der Waals surface area contributed by atoms with Crippen LogP contribution in [0, 0.1) is 5.82 Å². The summed E-state index contributed by atoms with van der Waals surface area (Å²) >= 11 is 12.6. The van der Waals surface area contributed by atoms with Gasteiger partial charge in [-0.15, -0.1) is 23.2 Å². The SMILES string of the molecule is COC(=O)c1[nH]cc(-c2c[nH]c3c2=CC(Cl)C(Cl)C=3)c1-c1c[nH]c2ccc(F)cc12. The van der Waals surface area contributed by atoms with E-state index in [1.165, 1.54) is 19.2 Å². The molecule has 3 N–H and O–H groups in total. The van der Waals surface area contributed by atoms with Crippen molar-refractivity contribution >= 4 is 52.2 Å². The first-order valence-electron chi connectivity index (χ1n) is 9.24. The third-order valence-electron chi connectivity index (χ3n) is 5.38. The zero-order valence-electron chi connectivity index (χ0n) is 15.7. The van der Waals surface area contributed by atoms with E-state index < -0.39 is 5.97 Å². The quantitative estimate of drug-likeness (QED) is 0.332. The fourth-order valence-corrected chi connectivity index (χ4v) is 4.37.